The maximum atomic E-state index is 9.70. The molecule has 0 bridgehead atoms. The number of hydrogen-bond donors (Lipinski definition) is 3. The van der Waals surface area contributed by atoms with E-state index in [-0.39, 0.29) is 12.0 Å². The van der Waals surface area contributed by atoms with E-state index in [1.54, 1.807) is 19.2 Å². The van der Waals surface area contributed by atoms with Crippen molar-refractivity contribution >= 4 is 0 Å². The highest BCUT2D eigenvalue weighted by Crippen LogP contribution is 2.31. The molecule has 0 aliphatic heterocycles. The third kappa shape index (κ3) is 3.60. The Labute approximate surface area is 108 Å². The van der Waals surface area contributed by atoms with Crippen LogP contribution in [0.2, 0.25) is 0 Å². The minimum Gasteiger partial charge on any atom is -0.493 e. The molecule has 0 aromatic heterocycles. The summed E-state index contributed by atoms with van der Waals surface area (Å²) in [7, 11) is 1.54. The van der Waals surface area contributed by atoms with Crippen molar-refractivity contribution < 1.29 is 14.6 Å². The number of methoxy groups -OCH3 is 1. The van der Waals surface area contributed by atoms with E-state index < -0.39 is 6.29 Å². The van der Waals surface area contributed by atoms with Crippen LogP contribution in [0.4, 0.5) is 0 Å². The molecule has 0 saturated carbocycles. The largest absolute Gasteiger partial charge is 0.493 e. The molecule has 2 atom stereocenters. The van der Waals surface area contributed by atoms with Gasteiger partial charge >= 0.3 is 0 Å². The van der Waals surface area contributed by atoms with Crippen LogP contribution in [0.5, 0.6) is 11.5 Å². The van der Waals surface area contributed by atoms with Crippen LogP contribution in [0.15, 0.2) is 18.2 Å². The Morgan fingerprint density at radius 2 is 1.94 bits per heavy atom. The summed E-state index contributed by atoms with van der Waals surface area (Å²) < 4.78 is 10.7. The molecule has 0 fully saturated rings. The van der Waals surface area contributed by atoms with Gasteiger partial charge in [-0.15, -0.1) is 0 Å². The van der Waals surface area contributed by atoms with E-state index >= 15 is 0 Å². The van der Waals surface area contributed by atoms with Crippen molar-refractivity contribution in [1.29, 1.82) is 0 Å². The molecule has 0 aliphatic carbocycles. The van der Waals surface area contributed by atoms with Crippen molar-refractivity contribution in [2.45, 2.75) is 26.2 Å². The van der Waals surface area contributed by atoms with Gasteiger partial charge in [0.2, 0.25) is 0 Å². The molecular formula is C13H22N2O3. The monoisotopic (exact) mass is 254 g/mol. The molecule has 5 heteroatoms. The molecule has 0 aliphatic rings. The van der Waals surface area contributed by atoms with E-state index in [0.29, 0.717) is 18.0 Å². The Kier molecular flexibility index (Phi) is 5.40. The van der Waals surface area contributed by atoms with Crippen LogP contribution < -0.4 is 20.9 Å². The zero-order chi connectivity index (χ0) is 13.7. The molecule has 0 radical (unpaired) electrons. The van der Waals surface area contributed by atoms with Gasteiger partial charge in [0.25, 0.3) is 0 Å². The quantitative estimate of drug-likeness (QED) is 0.659. The van der Waals surface area contributed by atoms with E-state index in [9.17, 15) is 5.11 Å². The van der Waals surface area contributed by atoms with Gasteiger partial charge in [0.05, 0.1) is 7.11 Å². The number of aliphatic hydroxyl groups excluding tert-OH is 1. The number of nitrogens with two attached hydrogens (primary N) is 2. The van der Waals surface area contributed by atoms with E-state index in [0.717, 1.165) is 5.56 Å². The smallest absolute Gasteiger partial charge is 0.199 e. The first-order valence-corrected chi connectivity index (χ1v) is 5.97. The summed E-state index contributed by atoms with van der Waals surface area (Å²) in [6, 6.07) is 5.10. The van der Waals surface area contributed by atoms with Gasteiger partial charge < -0.3 is 26.0 Å². The molecule has 0 amide bonds. The molecule has 0 saturated heterocycles. The first kappa shape index (κ1) is 14.8. The average molecular weight is 254 g/mol. The summed E-state index contributed by atoms with van der Waals surface area (Å²) in [6.07, 6.45) is -0.868. The molecule has 1 aromatic carbocycles. The standard InChI is InChI=1S/C13H22N2O3/c1-8(2)13(16)18-11-5-4-9(10(15)7-14)6-12(11)17-3/h4-6,8,10,13,16H,7,14-15H2,1-3H3. The number of benzene rings is 1. The first-order valence-electron chi connectivity index (χ1n) is 5.97. The lowest BCUT2D eigenvalue weighted by atomic mass is 10.1. The lowest BCUT2D eigenvalue weighted by Gasteiger charge is -2.19. The summed E-state index contributed by atoms with van der Waals surface area (Å²) in [4.78, 5) is 0. The van der Waals surface area contributed by atoms with Crippen molar-refractivity contribution in [3.63, 3.8) is 0 Å². The zero-order valence-electron chi connectivity index (χ0n) is 11.1. The topological polar surface area (TPSA) is 90.7 Å². The fourth-order valence-electron chi connectivity index (χ4n) is 1.41. The van der Waals surface area contributed by atoms with Crippen molar-refractivity contribution in [3.05, 3.63) is 23.8 Å². The molecule has 1 rings (SSSR count). The average Bonchev–Trinajstić information content (AvgIpc) is 2.37. The molecule has 5 N–H and O–H groups in total. The maximum absolute atomic E-state index is 9.70. The van der Waals surface area contributed by atoms with Gasteiger partial charge in [-0.1, -0.05) is 19.9 Å². The van der Waals surface area contributed by atoms with Gasteiger partial charge in [-0.25, -0.2) is 0 Å². The SMILES string of the molecule is COc1cc(C(N)CN)ccc1OC(O)C(C)C. The third-order valence-corrected chi connectivity index (χ3v) is 2.69. The Balaban J connectivity index is 2.93. The molecule has 18 heavy (non-hydrogen) atoms. The van der Waals surface area contributed by atoms with Crippen LogP contribution in [-0.2, 0) is 0 Å². The van der Waals surface area contributed by atoms with Crippen LogP contribution in [0.3, 0.4) is 0 Å². The van der Waals surface area contributed by atoms with Crippen molar-refractivity contribution in [2.24, 2.45) is 17.4 Å². The highest BCUT2D eigenvalue weighted by Gasteiger charge is 2.15. The van der Waals surface area contributed by atoms with Gasteiger partial charge in [0.1, 0.15) is 0 Å². The van der Waals surface area contributed by atoms with Crippen LogP contribution >= 0.6 is 0 Å². The summed E-state index contributed by atoms with van der Waals surface area (Å²) >= 11 is 0. The summed E-state index contributed by atoms with van der Waals surface area (Å²) in [6.45, 7) is 4.10. The lowest BCUT2D eigenvalue weighted by Crippen LogP contribution is -2.23. The van der Waals surface area contributed by atoms with Gasteiger partial charge in [0, 0.05) is 18.5 Å². The van der Waals surface area contributed by atoms with Crippen molar-refractivity contribution in [1.82, 2.24) is 0 Å². The van der Waals surface area contributed by atoms with E-state index in [1.165, 1.54) is 0 Å². The lowest BCUT2D eigenvalue weighted by molar-refractivity contribution is -0.0527. The number of ether oxygens (including phenoxy) is 2. The number of hydrogen-bond acceptors (Lipinski definition) is 5. The Bertz CT molecular complexity index is 382. The van der Waals surface area contributed by atoms with Crippen LogP contribution in [-0.4, -0.2) is 25.1 Å². The fourth-order valence-corrected chi connectivity index (χ4v) is 1.41. The molecule has 0 heterocycles. The summed E-state index contributed by atoms with van der Waals surface area (Å²) in [5.74, 6) is 1.03. The molecule has 0 spiro atoms. The molecule has 2 unspecified atom stereocenters. The van der Waals surface area contributed by atoms with Crippen LogP contribution in [0, 0.1) is 5.92 Å². The van der Waals surface area contributed by atoms with Gasteiger partial charge in [-0.3, -0.25) is 0 Å². The second kappa shape index (κ2) is 6.58. The van der Waals surface area contributed by atoms with Gasteiger partial charge in [0.15, 0.2) is 17.8 Å². The van der Waals surface area contributed by atoms with E-state index in [1.807, 2.05) is 19.9 Å². The molecule has 5 nitrogen and oxygen atoms in total. The Morgan fingerprint density at radius 1 is 1.28 bits per heavy atom. The molecule has 1 aromatic rings. The summed E-state index contributed by atoms with van der Waals surface area (Å²) in [5, 5.41) is 9.70. The van der Waals surface area contributed by atoms with E-state index in [2.05, 4.69) is 0 Å². The normalized spacial score (nSPS) is 14.4. The maximum Gasteiger partial charge on any atom is 0.199 e. The van der Waals surface area contributed by atoms with Crippen LogP contribution in [0.25, 0.3) is 0 Å². The van der Waals surface area contributed by atoms with Crippen LogP contribution in [0.1, 0.15) is 25.5 Å². The fraction of sp³-hybridized carbons (Fsp3) is 0.538. The van der Waals surface area contributed by atoms with E-state index in [4.69, 9.17) is 20.9 Å². The second-order valence-electron chi connectivity index (χ2n) is 4.50. The first-order chi connectivity index (χ1) is 8.49. The third-order valence-electron chi connectivity index (χ3n) is 2.69. The zero-order valence-corrected chi connectivity index (χ0v) is 11.1. The highest BCUT2D eigenvalue weighted by molar-refractivity contribution is 5.44. The minimum atomic E-state index is -0.868. The minimum absolute atomic E-state index is 0.000631. The van der Waals surface area contributed by atoms with Gasteiger partial charge in [-0.2, -0.15) is 0 Å². The number of aliphatic hydroxyl groups is 1. The Hall–Kier alpha value is -1.30. The number of rotatable bonds is 6. The molecular weight excluding hydrogens is 232 g/mol. The second-order valence-corrected chi connectivity index (χ2v) is 4.50. The predicted molar refractivity (Wildman–Crippen MR) is 70.4 cm³/mol. The van der Waals surface area contributed by atoms with Crippen molar-refractivity contribution in [2.75, 3.05) is 13.7 Å². The summed E-state index contributed by atoms with van der Waals surface area (Å²) in [5.41, 5.74) is 12.2. The Morgan fingerprint density at radius 3 is 2.44 bits per heavy atom. The predicted octanol–water partition coefficient (Wildman–Crippen LogP) is 1.01. The van der Waals surface area contributed by atoms with Crippen molar-refractivity contribution in [3.8, 4) is 11.5 Å². The molecule has 102 valence electrons. The van der Waals surface area contributed by atoms with Gasteiger partial charge in [-0.05, 0) is 17.7 Å². The highest BCUT2D eigenvalue weighted by atomic mass is 16.6.